The van der Waals surface area contributed by atoms with Gasteiger partial charge in [0.05, 0.1) is 12.8 Å². The molecule has 0 spiro atoms. The number of nitrogens with zero attached hydrogens (tertiary/aromatic N) is 2. The van der Waals surface area contributed by atoms with Gasteiger partial charge in [0.15, 0.2) is 0 Å². The van der Waals surface area contributed by atoms with Crippen LogP contribution in [-0.4, -0.2) is 52.1 Å². The minimum atomic E-state index is -3.46. The van der Waals surface area contributed by atoms with Crippen molar-refractivity contribution in [1.82, 2.24) is 4.31 Å². The summed E-state index contributed by atoms with van der Waals surface area (Å²) in [5.41, 5.74) is 2.81. The van der Waals surface area contributed by atoms with E-state index in [1.165, 1.54) is 4.31 Å². The van der Waals surface area contributed by atoms with E-state index >= 15 is 0 Å². The van der Waals surface area contributed by atoms with Crippen molar-refractivity contribution < 1.29 is 13.2 Å². The van der Waals surface area contributed by atoms with E-state index in [4.69, 9.17) is 0 Å². The van der Waals surface area contributed by atoms with Gasteiger partial charge in [-0.25, -0.2) is 8.42 Å². The molecule has 0 aliphatic heterocycles. The van der Waals surface area contributed by atoms with Gasteiger partial charge in [0.2, 0.25) is 15.9 Å². The Labute approximate surface area is 161 Å². The average molecular weight is 390 g/mol. The molecule has 0 unspecified atom stereocenters. The predicted octanol–water partition coefficient (Wildman–Crippen LogP) is 2.59. The zero-order valence-corrected chi connectivity index (χ0v) is 16.9. The van der Waals surface area contributed by atoms with Gasteiger partial charge in [0, 0.05) is 32.0 Å². The highest BCUT2D eigenvalue weighted by atomic mass is 32.2. The molecule has 1 amide bonds. The maximum absolute atomic E-state index is 12.3. The smallest absolute Gasteiger partial charge is 0.239 e. The van der Waals surface area contributed by atoms with Crippen LogP contribution in [0, 0.1) is 0 Å². The molecular weight excluding hydrogens is 362 g/mol. The molecule has 146 valence electrons. The molecule has 27 heavy (non-hydrogen) atoms. The van der Waals surface area contributed by atoms with E-state index in [-0.39, 0.29) is 12.5 Å². The van der Waals surface area contributed by atoms with Crippen LogP contribution in [0.15, 0.2) is 54.6 Å². The van der Waals surface area contributed by atoms with Gasteiger partial charge in [-0.15, -0.1) is 0 Å². The number of anilines is 2. The van der Waals surface area contributed by atoms with E-state index in [1.807, 2.05) is 61.5 Å². The number of hydrogen-bond donors (Lipinski definition) is 1. The maximum atomic E-state index is 12.3. The third kappa shape index (κ3) is 7.03. The summed E-state index contributed by atoms with van der Waals surface area (Å²) in [6.45, 7) is 0.115. The zero-order chi connectivity index (χ0) is 19.9. The highest BCUT2D eigenvalue weighted by Crippen LogP contribution is 2.15. The van der Waals surface area contributed by atoms with Gasteiger partial charge in [-0.05, 0) is 42.7 Å². The van der Waals surface area contributed by atoms with Gasteiger partial charge in [-0.2, -0.15) is 4.31 Å². The molecule has 0 heterocycles. The van der Waals surface area contributed by atoms with Crippen LogP contribution in [0.2, 0.25) is 0 Å². The highest BCUT2D eigenvalue weighted by Gasteiger charge is 2.19. The Bertz CT molecular complexity index is 835. The van der Waals surface area contributed by atoms with E-state index in [2.05, 4.69) is 5.32 Å². The van der Waals surface area contributed by atoms with Crippen LogP contribution in [0.25, 0.3) is 0 Å². The number of aryl methyl sites for hydroxylation is 1. The van der Waals surface area contributed by atoms with Crippen molar-refractivity contribution in [3.63, 3.8) is 0 Å². The molecule has 6 nitrogen and oxygen atoms in total. The predicted molar refractivity (Wildman–Crippen MR) is 111 cm³/mol. The fourth-order valence-electron chi connectivity index (χ4n) is 2.67. The molecule has 0 aliphatic carbocycles. The number of carbonyl (C=O) groups excluding carboxylic acids is 1. The summed E-state index contributed by atoms with van der Waals surface area (Å²) < 4.78 is 25.3. The normalized spacial score (nSPS) is 11.4. The Morgan fingerprint density at radius 1 is 1.00 bits per heavy atom. The summed E-state index contributed by atoms with van der Waals surface area (Å²) in [5, 5.41) is 2.76. The second kappa shape index (κ2) is 9.53. The van der Waals surface area contributed by atoms with Crippen LogP contribution >= 0.6 is 0 Å². The largest absolute Gasteiger partial charge is 0.378 e. The molecule has 2 aromatic rings. The minimum absolute atomic E-state index is 0.191. The van der Waals surface area contributed by atoms with Crippen LogP contribution in [-0.2, 0) is 21.2 Å². The van der Waals surface area contributed by atoms with E-state index in [1.54, 1.807) is 12.1 Å². The first-order valence-electron chi connectivity index (χ1n) is 8.82. The Balaban J connectivity index is 1.91. The fourth-order valence-corrected chi connectivity index (χ4v) is 3.48. The lowest BCUT2D eigenvalue weighted by Gasteiger charge is -2.19. The first-order valence-corrected chi connectivity index (χ1v) is 10.7. The monoisotopic (exact) mass is 389 g/mol. The third-order valence-corrected chi connectivity index (χ3v) is 5.42. The van der Waals surface area contributed by atoms with Gasteiger partial charge >= 0.3 is 0 Å². The molecule has 1 N–H and O–H groups in total. The number of carbonyl (C=O) groups is 1. The van der Waals surface area contributed by atoms with Crippen LogP contribution in [0.5, 0.6) is 0 Å². The average Bonchev–Trinajstić information content (AvgIpc) is 2.61. The fraction of sp³-hybridized carbons (Fsp3) is 0.350. The highest BCUT2D eigenvalue weighted by molar-refractivity contribution is 7.88. The lowest BCUT2D eigenvalue weighted by molar-refractivity contribution is -0.116. The lowest BCUT2D eigenvalue weighted by atomic mass is 10.1. The molecule has 0 atom stereocenters. The molecule has 0 aromatic heterocycles. The van der Waals surface area contributed by atoms with Gasteiger partial charge in [0.25, 0.3) is 0 Å². The molecular formula is C20H27N3O3S. The molecule has 0 aliphatic rings. The Hall–Kier alpha value is -2.38. The summed E-state index contributed by atoms with van der Waals surface area (Å²) >= 11 is 0. The molecule has 0 bridgehead atoms. The first-order chi connectivity index (χ1) is 12.8. The van der Waals surface area contributed by atoms with E-state index in [0.717, 1.165) is 23.9 Å². The van der Waals surface area contributed by atoms with Crippen molar-refractivity contribution in [1.29, 1.82) is 0 Å². The van der Waals surface area contributed by atoms with Gasteiger partial charge in [-0.3, -0.25) is 4.79 Å². The molecule has 0 radical (unpaired) electrons. The summed E-state index contributed by atoms with van der Waals surface area (Å²) in [6.07, 6.45) is 2.55. The topological polar surface area (TPSA) is 69.7 Å². The summed E-state index contributed by atoms with van der Waals surface area (Å²) in [6, 6.07) is 17.3. The van der Waals surface area contributed by atoms with Crippen molar-refractivity contribution >= 4 is 27.3 Å². The van der Waals surface area contributed by atoms with Crippen molar-refractivity contribution in [3.8, 4) is 0 Å². The van der Waals surface area contributed by atoms with Crippen LogP contribution in [0.3, 0.4) is 0 Å². The van der Waals surface area contributed by atoms with Crippen LogP contribution in [0.1, 0.15) is 12.0 Å². The SMILES string of the molecule is CN(C)c1ccc(NC(=O)CN(CCCc2ccccc2)S(C)(=O)=O)cc1. The molecule has 0 fully saturated rings. The van der Waals surface area contributed by atoms with Gasteiger partial charge in [-0.1, -0.05) is 30.3 Å². The number of rotatable bonds is 9. The third-order valence-electron chi connectivity index (χ3n) is 4.17. The van der Waals surface area contributed by atoms with Crippen molar-refractivity contribution in [2.24, 2.45) is 0 Å². The Morgan fingerprint density at radius 3 is 2.19 bits per heavy atom. The number of amides is 1. The van der Waals surface area contributed by atoms with Crippen LogP contribution < -0.4 is 10.2 Å². The molecule has 7 heteroatoms. The van der Waals surface area contributed by atoms with E-state index in [9.17, 15) is 13.2 Å². The number of sulfonamides is 1. The molecule has 0 saturated carbocycles. The first kappa shape index (κ1) is 20.9. The lowest BCUT2D eigenvalue weighted by Crippen LogP contribution is -2.38. The minimum Gasteiger partial charge on any atom is -0.378 e. The van der Waals surface area contributed by atoms with E-state index < -0.39 is 10.0 Å². The number of nitrogens with one attached hydrogen (secondary N) is 1. The summed E-state index contributed by atoms with van der Waals surface area (Å²) in [4.78, 5) is 14.3. The second-order valence-corrected chi connectivity index (χ2v) is 8.66. The Kier molecular flexibility index (Phi) is 7.38. The van der Waals surface area contributed by atoms with E-state index in [0.29, 0.717) is 18.7 Å². The Morgan fingerprint density at radius 2 is 1.63 bits per heavy atom. The van der Waals surface area contributed by atoms with Crippen LogP contribution in [0.4, 0.5) is 11.4 Å². The summed E-state index contributed by atoms with van der Waals surface area (Å²) in [7, 11) is 0.416. The zero-order valence-electron chi connectivity index (χ0n) is 16.1. The van der Waals surface area contributed by atoms with Crippen molar-refractivity contribution in [3.05, 3.63) is 60.2 Å². The second-order valence-electron chi connectivity index (χ2n) is 6.68. The van der Waals surface area contributed by atoms with Crippen molar-refractivity contribution in [2.75, 3.05) is 43.7 Å². The van der Waals surface area contributed by atoms with Gasteiger partial charge < -0.3 is 10.2 Å². The quantitative estimate of drug-likeness (QED) is 0.716. The molecule has 0 saturated heterocycles. The maximum Gasteiger partial charge on any atom is 0.239 e. The van der Waals surface area contributed by atoms with Crippen molar-refractivity contribution in [2.45, 2.75) is 12.8 Å². The molecule has 2 rings (SSSR count). The summed E-state index contributed by atoms with van der Waals surface area (Å²) in [5.74, 6) is -0.349. The standard InChI is InChI=1S/C20H27N3O3S/c1-22(2)19-13-11-18(12-14-19)21-20(24)16-23(27(3,25)26)15-7-10-17-8-5-4-6-9-17/h4-6,8-9,11-14H,7,10,15-16H2,1-3H3,(H,21,24). The number of benzene rings is 2. The number of hydrogen-bond acceptors (Lipinski definition) is 4. The molecule has 2 aromatic carbocycles. The van der Waals surface area contributed by atoms with Gasteiger partial charge in [0.1, 0.15) is 0 Å².